The Balaban J connectivity index is 2.24. The summed E-state index contributed by atoms with van der Waals surface area (Å²) < 4.78 is 0. The molecule has 1 atom stereocenters. The van der Waals surface area contributed by atoms with E-state index in [9.17, 15) is 0 Å². The Bertz CT molecular complexity index is 345. The quantitative estimate of drug-likeness (QED) is 0.780. The van der Waals surface area contributed by atoms with Gasteiger partial charge in [-0.2, -0.15) is 11.8 Å². The summed E-state index contributed by atoms with van der Waals surface area (Å²) in [6.45, 7) is 2.07. The molecule has 0 aliphatic carbocycles. The summed E-state index contributed by atoms with van der Waals surface area (Å²) >= 11 is 2.03. The second-order valence-corrected chi connectivity index (χ2v) is 5.29. The van der Waals surface area contributed by atoms with E-state index in [1.807, 2.05) is 11.8 Å². The van der Waals surface area contributed by atoms with Crippen LogP contribution >= 0.6 is 11.8 Å². The molecule has 1 aromatic rings. The maximum Gasteiger partial charge on any atom is 0.0602 e. The third-order valence-electron chi connectivity index (χ3n) is 3.13. The van der Waals surface area contributed by atoms with Crippen LogP contribution in [0.5, 0.6) is 0 Å². The van der Waals surface area contributed by atoms with E-state index in [0.29, 0.717) is 6.04 Å². The molecule has 15 heavy (non-hydrogen) atoms. The molecule has 0 aromatic heterocycles. The third-order valence-corrected chi connectivity index (χ3v) is 4.28. The third kappa shape index (κ3) is 2.07. The van der Waals surface area contributed by atoms with Gasteiger partial charge in [-0.15, -0.1) is 0 Å². The van der Waals surface area contributed by atoms with Crippen LogP contribution in [0.2, 0.25) is 0 Å². The van der Waals surface area contributed by atoms with Gasteiger partial charge in [0.2, 0.25) is 0 Å². The number of hydrogen-bond acceptors (Lipinski definition) is 3. The summed E-state index contributed by atoms with van der Waals surface area (Å²) in [5.41, 5.74) is 9.38. The largest absolute Gasteiger partial charge is 0.397 e. The standard InChI is InChI=1S/C12H18N2S/c1-9-4-3-5-11(12(9)13)14(2)10-6-7-15-8-10/h3-5,10H,6-8,13H2,1-2H3. The molecule has 0 radical (unpaired) electrons. The lowest BCUT2D eigenvalue weighted by Gasteiger charge is -2.27. The highest BCUT2D eigenvalue weighted by Crippen LogP contribution is 2.30. The number of anilines is 2. The van der Waals surface area contributed by atoms with Crippen molar-refractivity contribution >= 4 is 23.1 Å². The highest BCUT2D eigenvalue weighted by atomic mass is 32.2. The molecule has 1 fully saturated rings. The lowest BCUT2D eigenvalue weighted by atomic mass is 10.1. The predicted molar refractivity (Wildman–Crippen MR) is 69.7 cm³/mol. The predicted octanol–water partition coefficient (Wildman–Crippen LogP) is 2.52. The van der Waals surface area contributed by atoms with Gasteiger partial charge >= 0.3 is 0 Å². The first-order valence-electron chi connectivity index (χ1n) is 5.36. The average molecular weight is 222 g/mol. The molecule has 2 N–H and O–H groups in total. The fourth-order valence-corrected chi connectivity index (χ4v) is 3.26. The van der Waals surface area contributed by atoms with Crippen LogP contribution in [0.3, 0.4) is 0 Å². The van der Waals surface area contributed by atoms with Crippen molar-refractivity contribution in [2.45, 2.75) is 19.4 Å². The normalized spacial score (nSPS) is 20.5. The number of nitrogens with zero attached hydrogens (tertiary/aromatic N) is 1. The maximum absolute atomic E-state index is 6.10. The van der Waals surface area contributed by atoms with Crippen LogP contribution < -0.4 is 10.6 Å². The van der Waals surface area contributed by atoms with E-state index in [4.69, 9.17) is 5.73 Å². The molecule has 1 saturated heterocycles. The number of hydrogen-bond donors (Lipinski definition) is 1. The molecule has 3 heteroatoms. The van der Waals surface area contributed by atoms with Gasteiger partial charge in [-0.25, -0.2) is 0 Å². The van der Waals surface area contributed by atoms with Crippen LogP contribution in [0.4, 0.5) is 11.4 Å². The Morgan fingerprint density at radius 2 is 2.27 bits per heavy atom. The van der Waals surface area contributed by atoms with Gasteiger partial charge < -0.3 is 10.6 Å². The minimum Gasteiger partial charge on any atom is -0.397 e. The molecule has 1 aliphatic heterocycles. The molecule has 2 nitrogen and oxygen atoms in total. The van der Waals surface area contributed by atoms with Gasteiger partial charge in [0, 0.05) is 18.8 Å². The number of nitrogens with two attached hydrogens (primary N) is 1. The summed E-state index contributed by atoms with van der Waals surface area (Å²) in [6, 6.07) is 6.92. The van der Waals surface area contributed by atoms with E-state index in [-0.39, 0.29) is 0 Å². The summed E-state index contributed by atoms with van der Waals surface area (Å²) in [4.78, 5) is 2.34. The molecule has 1 unspecified atom stereocenters. The van der Waals surface area contributed by atoms with E-state index >= 15 is 0 Å². The highest BCUT2D eigenvalue weighted by Gasteiger charge is 2.21. The lowest BCUT2D eigenvalue weighted by molar-refractivity contribution is 0.701. The average Bonchev–Trinajstić information content (AvgIpc) is 2.74. The minimum atomic E-state index is 0.652. The molecule has 1 aliphatic rings. The Hall–Kier alpha value is -0.830. The number of nitrogen functional groups attached to an aromatic ring is 1. The summed E-state index contributed by atoms with van der Waals surface area (Å²) in [7, 11) is 2.15. The monoisotopic (exact) mass is 222 g/mol. The van der Waals surface area contributed by atoms with Crippen molar-refractivity contribution in [3.63, 3.8) is 0 Å². The van der Waals surface area contributed by atoms with Gasteiger partial charge in [0.25, 0.3) is 0 Å². The van der Waals surface area contributed by atoms with Gasteiger partial charge in [-0.1, -0.05) is 12.1 Å². The van der Waals surface area contributed by atoms with Crippen molar-refractivity contribution in [3.8, 4) is 0 Å². The van der Waals surface area contributed by atoms with Crippen LogP contribution in [-0.4, -0.2) is 24.6 Å². The topological polar surface area (TPSA) is 29.3 Å². The summed E-state index contributed by atoms with van der Waals surface area (Å²) in [6.07, 6.45) is 1.27. The van der Waals surface area contributed by atoms with Gasteiger partial charge in [0.1, 0.15) is 0 Å². The fourth-order valence-electron chi connectivity index (χ4n) is 2.00. The Morgan fingerprint density at radius 3 is 2.93 bits per heavy atom. The zero-order valence-electron chi connectivity index (χ0n) is 9.36. The first-order chi connectivity index (χ1) is 7.20. The van der Waals surface area contributed by atoms with Crippen molar-refractivity contribution < 1.29 is 0 Å². The molecule has 0 spiro atoms. The molecule has 0 bridgehead atoms. The first-order valence-corrected chi connectivity index (χ1v) is 6.51. The van der Waals surface area contributed by atoms with Crippen LogP contribution in [0.25, 0.3) is 0 Å². The molecule has 1 aromatic carbocycles. The first kappa shape index (κ1) is 10.7. The molecule has 0 saturated carbocycles. The van der Waals surface area contributed by atoms with Gasteiger partial charge in [0.15, 0.2) is 0 Å². The van der Waals surface area contributed by atoms with Gasteiger partial charge in [0.05, 0.1) is 11.4 Å². The van der Waals surface area contributed by atoms with E-state index in [2.05, 4.69) is 37.1 Å². The van der Waals surface area contributed by atoms with E-state index in [0.717, 1.165) is 5.69 Å². The number of benzene rings is 1. The van der Waals surface area contributed by atoms with Gasteiger partial charge in [-0.05, 0) is 30.7 Å². The highest BCUT2D eigenvalue weighted by molar-refractivity contribution is 7.99. The number of para-hydroxylation sites is 1. The lowest BCUT2D eigenvalue weighted by Crippen LogP contribution is -2.31. The van der Waals surface area contributed by atoms with Crippen LogP contribution in [0.15, 0.2) is 18.2 Å². The SMILES string of the molecule is Cc1cccc(N(C)C2CCSC2)c1N. The molecule has 2 rings (SSSR count). The minimum absolute atomic E-state index is 0.652. The Labute approximate surface area is 95.8 Å². The fraction of sp³-hybridized carbons (Fsp3) is 0.500. The van der Waals surface area contributed by atoms with E-state index in [1.54, 1.807) is 0 Å². The van der Waals surface area contributed by atoms with Crippen molar-refractivity contribution in [1.82, 2.24) is 0 Å². The smallest absolute Gasteiger partial charge is 0.0602 e. The summed E-state index contributed by atoms with van der Waals surface area (Å²) in [5.74, 6) is 2.50. The molecular formula is C12H18N2S. The zero-order chi connectivity index (χ0) is 10.8. The molecule has 82 valence electrons. The van der Waals surface area contributed by atoms with Crippen molar-refractivity contribution in [3.05, 3.63) is 23.8 Å². The van der Waals surface area contributed by atoms with E-state index in [1.165, 1.54) is 29.2 Å². The van der Waals surface area contributed by atoms with Crippen LogP contribution in [-0.2, 0) is 0 Å². The number of aryl methyl sites for hydroxylation is 1. The molecule has 1 heterocycles. The number of rotatable bonds is 2. The maximum atomic E-state index is 6.10. The van der Waals surface area contributed by atoms with Gasteiger partial charge in [-0.3, -0.25) is 0 Å². The number of thioether (sulfide) groups is 1. The Kier molecular flexibility index (Phi) is 3.10. The van der Waals surface area contributed by atoms with Crippen molar-refractivity contribution in [2.24, 2.45) is 0 Å². The van der Waals surface area contributed by atoms with E-state index < -0.39 is 0 Å². The van der Waals surface area contributed by atoms with Crippen molar-refractivity contribution in [1.29, 1.82) is 0 Å². The Morgan fingerprint density at radius 1 is 1.47 bits per heavy atom. The summed E-state index contributed by atoms with van der Waals surface area (Å²) in [5, 5.41) is 0. The van der Waals surface area contributed by atoms with Crippen molar-refractivity contribution in [2.75, 3.05) is 29.2 Å². The second-order valence-electron chi connectivity index (χ2n) is 4.14. The second kappa shape index (κ2) is 4.35. The zero-order valence-corrected chi connectivity index (χ0v) is 10.2. The molecular weight excluding hydrogens is 204 g/mol. The molecule has 0 amide bonds. The van der Waals surface area contributed by atoms with Crippen LogP contribution in [0.1, 0.15) is 12.0 Å². The van der Waals surface area contributed by atoms with Crippen LogP contribution in [0, 0.1) is 6.92 Å².